The van der Waals surface area contributed by atoms with Crippen LogP contribution in [-0.2, 0) is 23.1 Å². The summed E-state index contributed by atoms with van der Waals surface area (Å²) in [5.74, 6) is -0.472. The Balaban J connectivity index is 4.09. The molecular formula is C15H32NO7P. The molecule has 1 N–H and O–H groups in total. The van der Waals surface area contributed by atoms with Gasteiger partial charge in [0, 0.05) is 6.42 Å². The molecule has 2 atom stereocenters. The number of aliphatic hydroxyl groups excluding tert-OH is 1. The van der Waals surface area contributed by atoms with Gasteiger partial charge in [0.1, 0.15) is 19.3 Å². The van der Waals surface area contributed by atoms with Gasteiger partial charge in [0.2, 0.25) is 0 Å². The summed E-state index contributed by atoms with van der Waals surface area (Å²) in [6.07, 6.45) is 2.97. The second-order valence-corrected chi connectivity index (χ2v) is 8.11. The summed E-state index contributed by atoms with van der Waals surface area (Å²) in [7, 11) is 1.23. The van der Waals surface area contributed by atoms with E-state index in [1.807, 2.05) is 21.1 Å². The van der Waals surface area contributed by atoms with Crippen molar-refractivity contribution in [2.24, 2.45) is 0 Å². The van der Waals surface area contributed by atoms with Crippen molar-refractivity contribution in [3.05, 3.63) is 0 Å². The van der Waals surface area contributed by atoms with E-state index in [0.717, 1.165) is 19.3 Å². The maximum atomic E-state index is 11.6. The Bertz CT molecular complexity index is 398. The molecule has 0 aliphatic rings. The van der Waals surface area contributed by atoms with Crippen LogP contribution in [0.25, 0.3) is 0 Å². The molecule has 24 heavy (non-hydrogen) atoms. The molecule has 0 aromatic carbocycles. The van der Waals surface area contributed by atoms with Gasteiger partial charge in [0.15, 0.2) is 0 Å². The number of carbonyl (C=O) groups excluding carboxylic acids is 1. The number of rotatable bonds is 14. The number of phosphoric acid groups is 1. The van der Waals surface area contributed by atoms with E-state index in [-0.39, 0.29) is 13.0 Å². The monoisotopic (exact) mass is 369 g/mol. The Morgan fingerprint density at radius 2 is 1.88 bits per heavy atom. The SMILES string of the molecule is CCCCCCC(=O)O[C@H](CO)COP(=O)([O-])OCC[N+](C)(C)C. The average Bonchev–Trinajstić information content (AvgIpc) is 2.46. The van der Waals surface area contributed by atoms with Crippen LogP contribution < -0.4 is 4.89 Å². The fraction of sp³-hybridized carbons (Fsp3) is 0.933. The zero-order chi connectivity index (χ0) is 18.6. The minimum atomic E-state index is -4.48. The van der Waals surface area contributed by atoms with Gasteiger partial charge in [0.25, 0.3) is 7.82 Å². The lowest BCUT2D eigenvalue weighted by atomic mass is 10.1. The number of unbranched alkanes of at least 4 members (excludes halogenated alkanes) is 3. The third-order valence-corrected chi connectivity index (χ3v) is 4.13. The Kier molecular flexibility index (Phi) is 11.7. The van der Waals surface area contributed by atoms with Crippen LogP contribution in [0.15, 0.2) is 0 Å². The number of likely N-dealkylation sites (N-methyl/N-ethyl adjacent to an activating group) is 1. The summed E-state index contributed by atoms with van der Waals surface area (Å²) in [5, 5.41) is 9.17. The van der Waals surface area contributed by atoms with E-state index < -0.39 is 33.1 Å². The standard InChI is InChI=1S/C15H32NO7P/c1-5-6-7-8-9-15(18)23-14(12-17)13-22-24(19,20)21-11-10-16(2,3)4/h14,17H,5-13H2,1-4H3/t14-/m1/s1. The van der Waals surface area contributed by atoms with Gasteiger partial charge in [0.05, 0.1) is 34.4 Å². The molecule has 9 heteroatoms. The number of ether oxygens (including phenoxy) is 1. The molecule has 8 nitrogen and oxygen atoms in total. The van der Waals surface area contributed by atoms with E-state index in [9.17, 15) is 19.4 Å². The number of hydrogen-bond donors (Lipinski definition) is 1. The number of nitrogens with zero attached hydrogens (tertiary/aromatic N) is 1. The molecule has 0 amide bonds. The highest BCUT2D eigenvalue weighted by Gasteiger charge is 2.19. The fourth-order valence-electron chi connectivity index (χ4n) is 1.70. The van der Waals surface area contributed by atoms with Crippen molar-refractivity contribution in [2.75, 3.05) is 47.5 Å². The van der Waals surface area contributed by atoms with Crippen LogP contribution in [0.5, 0.6) is 0 Å². The van der Waals surface area contributed by atoms with Crippen molar-refractivity contribution in [3.63, 3.8) is 0 Å². The van der Waals surface area contributed by atoms with Crippen LogP contribution in [0.2, 0.25) is 0 Å². The number of quaternary nitrogens is 1. The third-order valence-electron chi connectivity index (χ3n) is 3.17. The predicted octanol–water partition coefficient (Wildman–Crippen LogP) is 1.07. The maximum absolute atomic E-state index is 11.6. The van der Waals surface area contributed by atoms with Crippen LogP contribution >= 0.6 is 7.82 Å². The molecule has 0 rings (SSSR count). The molecule has 0 heterocycles. The molecule has 0 aromatic rings. The first kappa shape index (κ1) is 23.5. The summed E-state index contributed by atoms with van der Waals surface area (Å²) in [6.45, 7) is 1.58. The van der Waals surface area contributed by atoms with Gasteiger partial charge < -0.3 is 28.3 Å². The lowest BCUT2D eigenvalue weighted by Crippen LogP contribution is -2.37. The van der Waals surface area contributed by atoms with E-state index in [4.69, 9.17) is 9.26 Å². The second-order valence-electron chi connectivity index (χ2n) is 6.70. The first-order chi connectivity index (χ1) is 11.1. The Morgan fingerprint density at radius 1 is 1.21 bits per heavy atom. The van der Waals surface area contributed by atoms with Crippen molar-refractivity contribution in [3.8, 4) is 0 Å². The molecule has 0 radical (unpaired) electrons. The number of hydrogen-bond acceptors (Lipinski definition) is 7. The minimum Gasteiger partial charge on any atom is -0.756 e. The van der Waals surface area contributed by atoms with E-state index in [0.29, 0.717) is 17.4 Å². The quantitative estimate of drug-likeness (QED) is 0.211. The molecule has 0 bridgehead atoms. The fourth-order valence-corrected chi connectivity index (χ4v) is 2.43. The molecule has 0 aliphatic heterocycles. The summed E-state index contributed by atoms with van der Waals surface area (Å²) in [6, 6.07) is 0. The normalized spacial score (nSPS) is 15.8. The number of aliphatic hydroxyl groups is 1. The molecule has 0 fully saturated rings. The first-order valence-corrected chi connectivity index (χ1v) is 9.76. The highest BCUT2D eigenvalue weighted by atomic mass is 31.2. The van der Waals surface area contributed by atoms with Gasteiger partial charge in [-0.2, -0.15) is 0 Å². The molecule has 1 unspecified atom stereocenters. The number of esters is 1. The Hall–Kier alpha value is -0.500. The lowest BCUT2D eigenvalue weighted by molar-refractivity contribution is -0.870. The summed E-state index contributed by atoms with van der Waals surface area (Å²) >= 11 is 0. The van der Waals surface area contributed by atoms with Crippen LogP contribution in [0.1, 0.15) is 39.0 Å². The van der Waals surface area contributed by atoms with Gasteiger partial charge in [-0.1, -0.05) is 26.2 Å². The average molecular weight is 369 g/mol. The molecule has 0 spiro atoms. The summed E-state index contributed by atoms with van der Waals surface area (Å²) in [5.41, 5.74) is 0. The second kappa shape index (κ2) is 12.0. The van der Waals surface area contributed by atoms with Gasteiger partial charge in [-0.15, -0.1) is 0 Å². The van der Waals surface area contributed by atoms with Gasteiger partial charge in [-0.05, 0) is 6.42 Å². The number of phosphoric ester groups is 1. The highest BCUT2D eigenvalue weighted by Crippen LogP contribution is 2.38. The van der Waals surface area contributed by atoms with Crippen molar-refractivity contribution in [2.45, 2.75) is 45.1 Å². The molecule has 0 aliphatic carbocycles. The van der Waals surface area contributed by atoms with Crippen molar-refractivity contribution in [1.29, 1.82) is 0 Å². The van der Waals surface area contributed by atoms with Crippen LogP contribution in [0.4, 0.5) is 0 Å². The summed E-state index contributed by atoms with van der Waals surface area (Å²) < 4.78 is 26.6. The molecule has 144 valence electrons. The smallest absolute Gasteiger partial charge is 0.306 e. The molecule has 0 saturated heterocycles. The zero-order valence-corrected chi connectivity index (χ0v) is 16.1. The zero-order valence-electron chi connectivity index (χ0n) is 15.2. The third kappa shape index (κ3) is 13.9. The maximum Gasteiger partial charge on any atom is 0.306 e. The van der Waals surface area contributed by atoms with Gasteiger partial charge in [-0.3, -0.25) is 9.36 Å². The van der Waals surface area contributed by atoms with Gasteiger partial charge in [-0.25, -0.2) is 0 Å². The molecule has 0 saturated carbocycles. The lowest BCUT2D eigenvalue weighted by Gasteiger charge is -2.28. The Labute approximate surface area is 144 Å². The van der Waals surface area contributed by atoms with Crippen LogP contribution in [-0.4, -0.2) is 69.2 Å². The van der Waals surface area contributed by atoms with E-state index in [1.54, 1.807) is 0 Å². The predicted molar refractivity (Wildman–Crippen MR) is 88.1 cm³/mol. The summed E-state index contributed by atoms with van der Waals surface area (Å²) in [4.78, 5) is 23.2. The topological polar surface area (TPSA) is 105 Å². The highest BCUT2D eigenvalue weighted by molar-refractivity contribution is 7.45. The molecule has 0 aromatic heterocycles. The van der Waals surface area contributed by atoms with Crippen molar-refractivity contribution >= 4 is 13.8 Å². The number of carbonyl (C=O) groups is 1. The van der Waals surface area contributed by atoms with E-state index >= 15 is 0 Å². The largest absolute Gasteiger partial charge is 0.756 e. The minimum absolute atomic E-state index is 0.00865. The van der Waals surface area contributed by atoms with Crippen LogP contribution in [0.3, 0.4) is 0 Å². The first-order valence-electron chi connectivity index (χ1n) is 8.30. The molecular weight excluding hydrogens is 337 g/mol. The van der Waals surface area contributed by atoms with E-state index in [1.165, 1.54) is 0 Å². The van der Waals surface area contributed by atoms with Gasteiger partial charge >= 0.3 is 5.97 Å². The van der Waals surface area contributed by atoms with E-state index in [2.05, 4.69) is 11.4 Å². The van der Waals surface area contributed by atoms with Crippen molar-refractivity contribution in [1.82, 2.24) is 0 Å². The van der Waals surface area contributed by atoms with Crippen molar-refractivity contribution < 1.29 is 37.6 Å². The van der Waals surface area contributed by atoms with Crippen LogP contribution in [0, 0.1) is 0 Å². The Morgan fingerprint density at radius 3 is 2.42 bits per heavy atom.